The van der Waals surface area contributed by atoms with Crippen LogP contribution in [0.25, 0.3) is 0 Å². The Morgan fingerprint density at radius 1 is 0.960 bits per heavy atom. The maximum absolute atomic E-state index is 12.6. The molecule has 3 rings (SSSR count). The van der Waals surface area contributed by atoms with Crippen molar-refractivity contribution in [2.24, 2.45) is 0 Å². The maximum Gasteiger partial charge on any atom is 0.191 e. The Morgan fingerprint density at radius 3 is 2.24 bits per heavy atom. The average molecular weight is 374 g/mol. The second-order valence-electron chi connectivity index (χ2n) is 5.49. The highest BCUT2D eigenvalue weighted by Crippen LogP contribution is 2.23. The molecule has 0 aliphatic heterocycles. The summed E-state index contributed by atoms with van der Waals surface area (Å²) in [5, 5.41) is 9.05. The van der Waals surface area contributed by atoms with E-state index in [0.29, 0.717) is 17.3 Å². The molecule has 1 heterocycles. The lowest BCUT2D eigenvalue weighted by Gasteiger charge is -2.08. The Hall–Kier alpha value is -2.12. The van der Waals surface area contributed by atoms with Gasteiger partial charge in [0, 0.05) is 12.3 Å². The molecule has 0 N–H and O–H groups in total. The van der Waals surface area contributed by atoms with E-state index >= 15 is 0 Å². The average Bonchev–Trinajstić information content (AvgIpc) is 3.02. The van der Waals surface area contributed by atoms with E-state index in [1.54, 1.807) is 42.1 Å². The highest BCUT2D eigenvalue weighted by atomic mass is 32.2. The van der Waals surface area contributed by atoms with Gasteiger partial charge < -0.3 is 4.57 Å². The molecule has 3 aromatic rings. The molecule has 0 bridgehead atoms. The van der Waals surface area contributed by atoms with Gasteiger partial charge in [-0.05, 0) is 24.6 Å². The van der Waals surface area contributed by atoms with Crippen molar-refractivity contribution in [2.45, 2.75) is 35.0 Å². The van der Waals surface area contributed by atoms with Crippen LogP contribution in [0.15, 0.2) is 70.7 Å². The third-order valence-electron chi connectivity index (χ3n) is 3.74. The van der Waals surface area contributed by atoms with Gasteiger partial charge in [0.2, 0.25) is 0 Å². The molecule has 0 saturated carbocycles. The molecule has 0 unspecified atom stereocenters. The largest absolute Gasteiger partial charge is 0.305 e. The predicted octanol–water partition coefficient (Wildman–Crippen LogP) is 3.56. The fourth-order valence-electron chi connectivity index (χ4n) is 2.45. The van der Waals surface area contributed by atoms with E-state index in [4.69, 9.17) is 0 Å². The summed E-state index contributed by atoms with van der Waals surface area (Å²) in [6, 6.07) is 18.5. The van der Waals surface area contributed by atoms with E-state index < -0.39 is 9.84 Å². The molecule has 0 fully saturated rings. The number of benzene rings is 2. The minimum Gasteiger partial charge on any atom is -0.305 e. The Balaban J connectivity index is 1.78. The number of aromatic nitrogens is 3. The van der Waals surface area contributed by atoms with E-state index in [2.05, 4.69) is 22.3 Å². The summed E-state index contributed by atoms with van der Waals surface area (Å²) in [7, 11) is -3.43. The lowest BCUT2D eigenvalue weighted by Crippen LogP contribution is -2.11. The molecule has 0 atom stereocenters. The SMILES string of the molecule is CCn1c(CS(=O)(=O)c2ccccc2)nnc1SCc1ccccc1. The second kappa shape index (κ2) is 7.84. The Bertz CT molecular complexity index is 923. The van der Waals surface area contributed by atoms with Gasteiger partial charge in [0.15, 0.2) is 15.0 Å². The van der Waals surface area contributed by atoms with Crippen molar-refractivity contribution >= 4 is 21.6 Å². The number of nitrogens with zero attached hydrogens (tertiary/aromatic N) is 3. The van der Waals surface area contributed by atoms with Crippen LogP contribution in [0.3, 0.4) is 0 Å². The molecule has 0 saturated heterocycles. The molecule has 0 spiro atoms. The second-order valence-corrected chi connectivity index (χ2v) is 8.42. The molecule has 2 aromatic carbocycles. The topological polar surface area (TPSA) is 64.8 Å². The Morgan fingerprint density at radius 2 is 1.60 bits per heavy atom. The van der Waals surface area contributed by atoms with Gasteiger partial charge in [-0.25, -0.2) is 8.42 Å². The van der Waals surface area contributed by atoms with Gasteiger partial charge in [-0.15, -0.1) is 10.2 Å². The zero-order valence-electron chi connectivity index (χ0n) is 13.9. The van der Waals surface area contributed by atoms with Gasteiger partial charge >= 0.3 is 0 Å². The first kappa shape index (κ1) is 17.7. The van der Waals surface area contributed by atoms with E-state index in [9.17, 15) is 8.42 Å². The van der Waals surface area contributed by atoms with Crippen LogP contribution in [0.2, 0.25) is 0 Å². The molecule has 0 radical (unpaired) electrons. The van der Waals surface area contributed by atoms with E-state index in [1.807, 2.05) is 29.7 Å². The van der Waals surface area contributed by atoms with Gasteiger partial charge in [-0.2, -0.15) is 0 Å². The first-order valence-electron chi connectivity index (χ1n) is 7.97. The van der Waals surface area contributed by atoms with Gasteiger partial charge in [0.25, 0.3) is 0 Å². The maximum atomic E-state index is 12.6. The van der Waals surface area contributed by atoms with Gasteiger partial charge in [-0.1, -0.05) is 60.3 Å². The number of rotatable bonds is 7. The van der Waals surface area contributed by atoms with Gasteiger partial charge in [0.1, 0.15) is 11.6 Å². The Labute approximate surface area is 152 Å². The minimum absolute atomic E-state index is 0.149. The summed E-state index contributed by atoms with van der Waals surface area (Å²) >= 11 is 1.56. The molecule has 1 aromatic heterocycles. The van der Waals surface area contributed by atoms with Crippen molar-refractivity contribution in [1.29, 1.82) is 0 Å². The molecule has 25 heavy (non-hydrogen) atoms. The van der Waals surface area contributed by atoms with Crippen LogP contribution in [0.4, 0.5) is 0 Å². The van der Waals surface area contributed by atoms with Crippen molar-refractivity contribution in [3.8, 4) is 0 Å². The van der Waals surface area contributed by atoms with Crippen LogP contribution in [0.5, 0.6) is 0 Å². The number of hydrogen-bond acceptors (Lipinski definition) is 5. The van der Waals surface area contributed by atoms with Crippen LogP contribution in [-0.4, -0.2) is 23.2 Å². The van der Waals surface area contributed by atoms with Crippen molar-refractivity contribution in [2.75, 3.05) is 0 Å². The lowest BCUT2D eigenvalue weighted by atomic mass is 10.2. The molecular weight excluding hydrogens is 354 g/mol. The molecule has 0 aliphatic carbocycles. The van der Waals surface area contributed by atoms with Crippen LogP contribution in [0, 0.1) is 0 Å². The minimum atomic E-state index is -3.43. The van der Waals surface area contributed by atoms with Crippen molar-refractivity contribution in [3.05, 3.63) is 72.1 Å². The van der Waals surface area contributed by atoms with Crippen LogP contribution < -0.4 is 0 Å². The number of hydrogen-bond donors (Lipinski definition) is 0. The molecule has 7 heteroatoms. The predicted molar refractivity (Wildman–Crippen MR) is 99.0 cm³/mol. The molecule has 130 valence electrons. The van der Waals surface area contributed by atoms with Gasteiger partial charge in [-0.3, -0.25) is 0 Å². The third kappa shape index (κ3) is 4.29. The first-order valence-corrected chi connectivity index (χ1v) is 10.6. The smallest absolute Gasteiger partial charge is 0.191 e. The summed E-state index contributed by atoms with van der Waals surface area (Å²) in [5.74, 6) is 1.09. The fourth-order valence-corrected chi connectivity index (χ4v) is 4.72. The highest BCUT2D eigenvalue weighted by Gasteiger charge is 2.20. The molecule has 0 aliphatic rings. The van der Waals surface area contributed by atoms with E-state index in [1.165, 1.54) is 5.56 Å². The summed E-state index contributed by atoms with van der Waals surface area (Å²) in [6.07, 6.45) is 0. The van der Waals surface area contributed by atoms with Crippen molar-refractivity contribution < 1.29 is 8.42 Å². The zero-order chi connectivity index (χ0) is 17.7. The van der Waals surface area contributed by atoms with E-state index in [0.717, 1.165) is 10.9 Å². The number of sulfone groups is 1. The summed E-state index contributed by atoms with van der Waals surface area (Å²) in [5.41, 5.74) is 1.19. The monoisotopic (exact) mass is 373 g/mol. The first-order chi connectivity index (χ1) is 12.1. The van der Waals surface area contributed by atoms with E-state index in [-0.39, 0.29) is 5.75 Å². The fraction of sp³-hybridized carbons (Fsp3) is 0.222. The summed E-state index contributed by atoms with van der Waals surface area (Å²) in [4.78, 5) is 0.305. The third-order valence-corrected chi connectivity index (χ3v) is 6.41. The quantitative estimate of drug-likeness (QED) is 0.593. The highest BCUT2D eigenvalue weighted by molar-refractivity contribution is 7.98. The van der Waals surface area contributed by atoms with Crippen LogP contribution in [-0.2, 0) is 27.9 Å². The van der Waals surface area contributed by atoms with Gasteiger partial charge in [0.05, 0.1) is 4.90 Å². The summed E-state index contributed by atoms with van der Waals surface area (Å²) in [6.45, 7) is 2.60. The standard InChI is InChI=1S/C18H19N3O2S2/c1-2-21-17(14-25(22,23)16-11-7-4-8-12-16)19-20-18(21)24-13-15-9-5-3-6-10-15/h3-12H,2,13-14H2,1H3. The van der Waals surface area contributed by atoms with Crippen LogP contribution in [0.1, 0.15) is 18.3 Å². The molecule has 5 nitrogen and oxygen atoms in total. The number of thioether (sulfide) groups is 1. The summed E-state index contributed by atoms with van der Waals surface area (Å²) < 4.78 is 27.0. The lowest BCUT2D eigenvalue weighted by molar-refractivity contribution is 0.588. The van der Waals surface area contributed by atoms with Crippen molar-refractivity contribution in [3.63, 3.8) is 0 Å². The normalized spacial score (nSPS) is 11.6. The van der Waals surface area contributed by atoms with Crippen LogP contribution >= 0.6 is 11.8 Å². The Kier molecular flexibility index (Phi) is 5.55. The molecular formula is C18H19N3O2S2. The molecule has 0 amide bonds. The van der Waals surface area contributed by atoms with Crippen molar-refractivity contribution in [1.82, 2.24) is 14.8 Å². The zero-order valence-corrected chi connectivity index (χ0v) is 15.5.